The molecule has 6 heterocycles. The normalized spacial score (nSPS) is 31.1. The van der Waals surface area contributed by atoms with Crippen molar-refractivity contribution in [1.29, 1.82) is 0 Å². The fourth-order valence-corrected chi connectivity index (χ4v) is 13.7. The van der Waals surface area contributed by atoms with Crippen LogP contribution in [0.3, 0.4) is 0 Å². The standard InChI is InChI=1S/C20H26O8.C19H26O6.C15H28O4S2.C13H20O8/c1-12-17(11-24-13(2)21)28-20(27-15(4)23)19(18(12)26-14(3)22)25-10-16-8-6-5-7-9-16;1-18(2)22-12-15(23-18)17-16(24-19(3,4)25-17)14(10-20)21-11-13-8-6-5-7-9-13;1-7-20-13(21-8-2)12-11(18-15(5,6)19-12)10-9-16-14(3,4)17-10;1-6-10(5-18-7(2)14)21-13(20-9(4)16)11(17)12(6)19-8(3)15/h5-9,12,17-20H,10-11H2,1-4H3;5-10,14-17H,11-12H2,1-4H3;10-13H,7-9H2,1-6H3;6,10-13,17H,5H2,1-4H3/t12-,17+,18+,19+,20?;14-,15?,16-,17-;10?,11-,12+;6-,10+,11+,12+,13?/m1111/s1. The van der Waals surface area contributed by atoms with Crippen molar-refractivity contribution in [2.75, 3.05) is 37.9 Å². The highest BCUT2D eigenvalue weighted by Crippen LogP contribution is 2.43. The smallest absolute Gasteiger partial charge is 0.305 e. The van der Waals surface area contributed by atoms with E-state index in [0.29, 0.717) is 24.4 Å². The fourth-order valence-electron chi connectivity index (χ4n) is 11.0. The Balaban J connectivity index is 0.000000231. The predicted octanol–water partition coefficient (Wildman–Crippen LogP) is 7.69. The Hall–Kier alpha value is -4.89. The van der Waals surface area contributed by atoms with Crippen LogP contribution in [-0.4, -0.2) is 205 Å². The molecule has 95 heavy (non-hydrogen) atoms. The average Bonchev–Trinajstić information content (AvgIpc) is 1.76. The molecule has 28 heteroatoms. The highest BCUT2D eigenvalue weighted by Gasteiger charge is 2.55. The van der Waals surface area contributed by atoms with Gasteiger partial charge in [0.1, 0.15) is 80.4 Å². The molecule has 6 fully saturated rings. The molecule has 6 aliphatic heterocycles. The monoisotopic (exact) mass is 1380 g/mol. The summed E-state index contributed by atoms with van der Waals surface area (Å²) in [6, 6.07) is 19.1. The first kappa shape index (κ1) is 80.8. The maximum absolute atomic E-state index is 11.7. The molecule has 1 N–H and O–H groups in total. The number of benzene rings is 2. The van der Waals surface area contributed by atoms with Crippen LogP contribution in [0.4, 0.5) is 0 Å². The number of esters is 6. The van der Waals surface area contributed by atoms with Crippen molar-refractivity contribution in [2.45, 2.75) is 258 Å². The molecule has 26 nitrogen and oxygen atoms in total. The molecule has 6 saturated heterocycles. The maximum Gasteiger partial charge on any atom is 0.305 e. The van der Waals surface area contributed by atoms with Crippen molar-refractivity contribution in [2.24, 2.45) is 11.8 Å². The average molecular weight is 1390 g/mol. The van der Waals surface area contributed by atoms with E-state index in [2.05, 4.69) is 13.8 Å². The Morgan fingerprint density at radius 3 is 1.36 bits per heavy atom. The van der Waals surface area contributed by atoms with E-state index in [0.717, 1.165) is 35.8 Å². The van der Waals surface area contributed by atoms with Crippen LogP contribution in [-0.2, 0) is 132 Å². The Morgan fingerprint density at radius 2 is 0.937 bits per heavy atom. The van der Waals surface area contributed by atoms with Gasteiger partial charge in [0.2, 0.25) is 12.6 Å². The second-order valence-electron chi connectivity index (χ2n) is 25.1. The summed E-state index contributed by atoms with van der Waals surface area (Å²) in [5, 5.41) is 10.1. The van der Waals surface area contributed by atoms with E-state index in [9.17, 15) is 38.7 Å². The topological polar surface area (TPSA) is 306 Å². The van der Waals surface area contributed by atoms with E-state index in [-0.39, 0.29) is 50.2 Å². The van der Waals surface area contributed by atoms with Gasteiger partial charge >= 0.3 is 35.8 Å². The lowest BCUT2D eigenvalue weighted by Crippen LogP contribution is -2.58. The molecule has 0 bridgehead atoms. The van der Waals surface area contributed by atoms with Crippen molar-refractivity contribution in [3.8, 4) is 0 Å². The first-order valence-corrected chi connectivity index (χ1v) is 34.0. The second kappa shape index (κ2) is 37.3. The zero-order valence-corrected chi connectivity index (χ0v) is 59.5. The summed E-state index contributed by atoms with van der Waals surface area (Å²) in [5.41, 5.74) is 1.89. The van der Waals surface area contributed by atoms with Crippen LogP contribution in [0.2, 0.25) is 0 Å². The van der Waals surface area contributed by atoms with E-state index < -0.39 is 132 Å². The van der Waals surface area contributed by atoms with Gasteiger partial charge in [-0.25, -0.2) is 0 Å². The van der Waals surface area contributed by atoms with Crippen LogP contribution in [0.5, 0.6) is 0 Å². The molecule has 0 radical (unpaired) electrons. The molecule has 2 aromatic carbocycles. The highest BCUT2D eigenvalue weighted by atomic mass is 32.2. The minimum atomic E-state index is -1.32. The molecule has 8 rings (SSSR count). The molecular weight excluding hydrogens is 1280 g/mol. The van der Waals surface area contributed by atoms with E-state index in [4.69, 9.17) is 85.3 Å². The summed E-state index contributed by atoms with van der Waals surface area (Å²) in [7, 11) is 0. The third-order valence-corrected chi connectivity index (χ3v) is 17.9. The number of carbonyl (C=O) groups is 7. The van der Waals surface area contributed by atoms with E-state index >= 15 is 0 Å². The lowest BCUT2D eigenvalue weighted by molar-refractivity contribution is -0.293. The van der Waals surface area contributed by atoms with Gasteiger partial charge in [-0.3, -0.25) is 28.8 Å². The van der Waals surface area contributed by atoms with Crippen molar-refractivity contribution >= 4 is 65.6 Å². The molecule has 6 aliphatic rings. The highest BCUT2D eigenvalue weighted by molar-refractivity contribution is 8.17. The van der Waals surface area contributed by atoms with E-state index in [1.807, 2.05) is 140 Å². The Labute approximate surface area is 566 Å². The van der Waals surface area contributed by atoms with Gasteiger partial charge in [-0.2, -0.15) is 0 Å². The lowest BCUT2D eigenvalue weighted by Gasteiger charge is -2.43. The second-order valence-corrected chi connectivity index (χ2v) is 28.2. The minimum Gasteiger partial charge on any atom is -0.463 e. The molecule has 0 saturated carbocycles. The third kappa shape index (κ3) is 26.1. The van der Waals surface area contributed by atoms with Crippen LogP contribution in [0.15, 0.2) is 60.7 Å². The fraction of sp³-hybridized carbons (Fsp3) is 0.716. The van der Waals surface area contributed by atoms with Gasteiger partial charge in [-0.05, 0) is 78.0 Å². The zero-order valence-electron chi connectivity index (χ0n) is 57.9. The van der Waals surface area contributed by atoms with Crippen molar-refractivity contribution < 1.29 is 124 Å². The summed E-state index contributed by atoms with van der Waals surface area (Å²) < 4.78 is 102. The molecule has 0 aliphatic carbocycles. The number of aldehydes is 1. The van der Waals surface area contributed by atoms with Crippen molar-refractivity contribution in [1.82, 2.24) is 0 Å². The van der Waals surface area contributed by atoms with Gasteiger partial charge in [0.05, 0.1) is 31.0 Å². The summed E-state index contributed by atoms with van der Waals surface area (Å²) in [5.74, 6) is -4.53. The SMILES string of the molecule is CC(=O)OC[C@@H]1OC(OC(C)=O)[C@@H](O)[C@@H](OC(C)=O)[C@@H]1C.CC(=O)OC[C@@H]1OC(OC(C)=O)[C@@H](OCc2ccccc2)[C@@H](OC(C)=O)[C@@H]1C.CC1(C)OCC([C@H]2OC(C)(C)O[C@@H]2[C@@H](C=O)OCc2ccccc2)O1.CCSC(SCC)[C@H]1OC(C)(C)O[C@@H]1C1COC(C)(C)O1. The van der Waals surface area contributed by atoms with Gasteiger partial charge in [0.25, 0.3) is 0 Å². The summed E-state index contributed by atoms with van der Waals surface area (Å²) >= 11 is 3.85. The number of hydrogen-bond donors (Lipinski definition) is 1. The van der Waals surface area contributed by atoms with Gasteiger partial charge < -0.3 is 95.2 Å². The molecule has 0 aromatic heterocycles. The molecule has 0 amide bonds. The number of rotatable bonds is 23. The number of carbonyl (C=O) groups excluding carboxylic acids is 7. The van der Waals surface area contributed by atoms with Crippen LogP contribution in [0, 0.1) is 11.8 Å². The van der Waals surface area contributed by atoms with Crippen LogP contribution in [0.25, 0.3) is 0 Å². The number of hydrogen-bond acceptors (Lipinski definition) is 28. The summed E-state index contributed by atoms with van der Waals surface area (Å²) in [6.07, 6.45) is -8.95. The van der Waals surface area contributed by atoms with Crippen LogP contribution in [0.1, 0.15) is 136 Å². The molecule has 2 aromatic rings. The summed E-state index contributed by atoms with van der Waals surface area (Å²) in [4.78, 5) is 79.1. The number of aliphatic hydroxyl groups is 1. The van der Waals surface area contributed by atoms with Crippen LogP contribution < -0.4 is 0 Å². The van der Waals surface area contributed by atoms with Gasteiger partial charge in [0.15, 0.2) is 41.6 Å². The first-order chi connectivity index (χ1) is 44.6. The van der Waals surface area contributed by atoms with Crippen molar-refractivity contribution in [3.63, 3.8) is 0 Å². The van der Waals surface area contributed by atoms with Crippen LogP contribution >= 0.6 is 23.5 Å². The molecular formula is C67H100O26S2. The van der Waals surface area contributed by atoms with E-state index in [1.165, 1.54) is 34.6 Å². The first-order valence-electron chi connectivity index (χ1n) is 31.9. The van der Waals surface area contributed by atoms with Gasteiger partial charge in [-0.1, -0.05) is 88.4 Å². The van der Waals surface area contributed by atoms with E-state index in [1.54, 1.807) is 13.8 Å². The van der Waals surface area contributed by atoms with Crippen molar-refractivity contribution in [3.05, 3.63) is 71.8 Å². The number of ether oxygens (including phenoxy) is 18. The molecule has 4 unspecified atom stereocenters. The quantitative estimate of drug-likeness (QED) is 0.0482. The minimum absolute atomic E-state index is 0.0254. The lowest BCUT2D eigenvalue weighted by atomic mass is 9.90. The largest absolute Gasteiger partial charge is 0.463 e. The van der Waals surface area contributed by atoms with Gasteiger partial charge in [0, 0.05) is 53.4 Å². The Bertz CT molecular complexity index is 2720. The van der Waals surface area contributed by atoms with Gasteiger partial charge in [-0.15, -0.1) is 23.5 Å². The zero-order chi connectivity index (χ0) is 70.6. The Kier molecular flexibility index (Phi) is 31.8. The number of thioether (sulfide) groups is 2. The third-order valence-electron chi connectivity index (χ3n) is 15.2. The Morgan fingerprint density at radius 1 is 0.526 bits per heavy atom. The maximum atomic E-state index is 11.7. The summed E-state index contributed by atoms with van der Waals surface area (Å²) in [6.45, 7) is 31.8. The molecule has 17 atom stereocenters. The number of aliphatic hydroxyl groups excluding tert-OH is 1. The molecule has 0 spiro atoms. The predicted molar refractivity (Wildman–Crippen MR) is 343 cm³/mol. The molecule has 536 valence electrons.